The number of imide groups is 1. The lowest BCUT2D eigenvalue weighted by atomic mass is 10.1. The molecule has 2 fully saturated rings. The van der Waals surface area contributed by atoms with Gasteiger partial charge < -0.3 is 20.1 Å². The van der Waals surface area contributed by atoms with Gasteiger partial charge in [0.25, 0.3) is 5.91 Å². The molecule has 2 aliphatic heterocycles. The van der Waals surface area contributed by atoms with Crippen LogP contribution in [0.1, 0.15) is 24.8 Å². The minimum Gasteiger partial charge on any atom is -0.454 e. The van der Waals surface area contributed by atoms with Crippen LogP contribution in [0.15, 0.2) is 36.0 Å². The van der Waals surface area contributed by atoms with Crippen molar-refractivity contribution in [2.45, 2.75) is 25.3 Å². The van der Waals surface area contributed by atoms with Crippen LogP contribution in [0.2, 0.25) is 0 Å². The van der Waals surface area contributed by atoms with E-state index < -0.39 is 0 Å². The van der Waals surface area contributed by atoms with Crippen LogP contribution >= 0.6 is 0 Å². The van der Waals surface area contributed by atoms with Crippen LogP contribution in [0.25, 0.3) is 11.7 Å². The molecule has 0 atom stereocenters. The average molecular weight is 418 g/mol. The highest BCUT2D eigenvalue weighted by Crippen LogP contribution is 2.35. The van der Waals surface area contributed by atoms with Crippen molar-refractivity contribution in [1.82, 2.24) is 19.9 Å². The van der Waals surface area contributed by atoms with Crippen molar-refractivity contribution in [3.63, 3.8) is 0 Å². The summed E-state index contributed by atoms with van der Waals surface area (Å²) in [6, 6.07) is 7.90. The van der Waals surface area contributed by atoms with Gasteiger partial charge in [-0.25, -0.2) is 4.98 Å². The fraction of sp³-hybridized carbons (Fsp3) is 0.238. The number of rotatable bonds is 5. The van der Waals surface area contributed by atoms with Crippen molar-refractivity contribution >= 4 is 40.9 Å². The van der Waals surface area contributed by atoms with E-state index in [9.17, 15) is 9.59 Å². The molecule has 3 aromatic rings. The smallest absolute Gasteiger partial charge is 0.254 e. The van der Waals surface area contributed by atoms with Crippen LogP contribution in [0.4, 0.5) is 17.3 Å². The molecule has 1 saturated heterocycles. The van der Waals surface area contributed by atoms with Gasteiger partial charge in [0, 0.05) is 35.0 Å². The summed E-state index contributed by atoms with van der Waals surface area (Å²) in [7, 11) is 0. The van der Waals surface area contributed by atoms with Gasteiger partial charge in [0.2, 0.25) is 12.7 Å². The number of hydrogen-bond acceptors (Lipinski definition) is 8. The van der Waals surface area contributed by atoms with E-state index in [0.29, 0.717) is 40.1 Å². The van der Waals surface area contributed by atoms with Crippen molar-refractivity contribution in [1.29, 1.82) is 0 Å². The van der Waals surface area contributed by atoms with Crippen LogP contribution in [-0.4, -0.2) is 39.2 Å². The van der Waals surface area contributed by atoms with E-state index in [2.05, 4.69) is 21.0 Å². The Kier molecular flexibility index (Phi) is 3.85. The molecule has 3 aliphatic rings. The minimum atomic E-state index is -0.379. The minimum absolute atomic E-state index is 0.0541. The lowest BCUT2D eigenvalue weighted by Crippen LogP contribution is -2.19. The molecule has 2 amide bonds. The van der Waals surface area contributed by atoms with Crippen molar-refractivity contribution < 1.29 is 19.1 Å². The first-order valence-corrected chi connectivity index (χ1v) is 9.99. The van der Waals surface area contributed by atoms with Gasteiger partial charge in [0.1, 0.15) is 11.6 Å². The number of ether oxygens (including phenoxy) is 2. The Morgan fingerprint density at radius 2 is 2.03 bits per heavy atom. The Hall–Kier alpha value is -4.08. The normalized spacial score (nSPS) is 18.6. The fourth-order valence-electron chi connectivity index (χ4n) is 3.62. The molecule has 10 heteroatoms. The number of fused-ring (bicyclic) bond motifs is 2. The fourth-order valence-corrected chi connectivity index (χ4v) is 3.62. The van der Waals surface area contributed by atoms with Crippen LogP contribution in [0.5, 0.6) is 11.5 Å². The number of carbonyl (C=O) groups is 2. The van der Waals surface area contributed by atoms with Gasteiger partial charge in [-0.3, -0.25) is 14.9 Å². The number of nitrogens with zero attached hydrogens (tertiary/aromatic N) is 3. The molecule has 1 saturated carbocycles. The Morgan fingerprint density at radius 3 is 2.84 bits per heavy atom. The highest BCUT2D eigenvalue weighted by Gasteiger charge is 2.26. The highest BCUT2D eigenvalue weighted by molar-refractivity contribution is 6.15. The second kappa shape index (κ2) is 6.73. The second-order valence-electron chi connectivity index (χ2n) is 7.70. The number of anilines is 3. The first-order valence-electron chi connectivity index (χ1n) is 9.99. The lowest BCUT2D eigenvalue weighted by molar-refractivity contribution is -0.124. The van der Waals surface area contributed by atoms with Gasteiger partial charge in [-0.15, -0.1) is 0 Å². The number of hydrogen-bond donors (Lipinski definition) is 3. The molecule has 10 nitrogen and oxygen atoms in total. The summed E-state index contributed by atoms with van der Waals surface area (Å²) >= 11 is 0. The zero-order valence-corrected chi connectivity index (χ0v) is 16.3. The third-order valence-corrected chi connectivity index (χ3v) is 5.30. The quantitative estimate of drug-likeness (QED) is 0.426. The summed E-state index contributed by atoms with van der Waals surface area (Å²) in [5.74, 6) is 2.11. The lowest BCUT2D eigenvalue weighted by Gasteiger charge is -2.12. The van der Waals surface area contributed by atoms with Crippen LogP contribution in [0.3, 0.4) is 0 Å². The summed E-state index contributed by atoms with van der Waals surface area (Å²) in [5, 5.41) is 13.5. The van der Waals surface area contributed by atoms with Crippen LogP contribution in [0, 0.1) is 0 Å². The zero-order valence-electron chi connectivity index (χ0n) is 16.3. The molecule has 0 radical (unpaired) electrons. The Bertz CT molecular complexity index is 1280. The number of amides is 2. The topological polar surface area (TPSA) is 119 Å². The Labute approximate surface area is 176 Å². The van der Waals surface area contributed by atoms with E-state index in [1.54, 1.807) is 16.8 Å². The first-order chi connectivity index (χ1) is 15.1. The Balaban J connectivity index is 1.40. The number of carbonyl (C=O) groups excluding carboxylic acids is 2. The maximum atomic E-state index is 12.0. The van der Waals surface area contributed by atoms with E-state index in [1.807, 2.05) is 24.3 Å². The maximum absolute atomic E-state index is 12.0. The SMILES string of the molecule is O=C1C/C(=C\c2cnn3c(NC4CC4)cc(Nc4ccc5c(c4)OCO5)nc23)C(=O)N1. The molecule has 1 aliphatic carbocycles. The molecule has 0 spiro atoms. The summed E-state index contributed by atoms with van der Waals surface area (Å²) < 4.78 is 12.5. The maximum Gasteiger partial charge on any atom is 0.254 e. The van der Waals surface area contributed by atoms with Gasteiger partial charge in [-0.05, 0) is 31.1 Å². The summed E-state index contributed by atoms with van der Waals surface area (Å²) in [6.45, 7) is 0.211. The number of aromatic nitrogens is 3. The van der Waals surface area contributed by atoms with Gasteiger partial charge in [-0.1, -0.05) is 0 Å². The molecule has 156 valence electrons. The van der Waals surface area contributed by atoms with Crippen molar-refractivity contribution in [3.05, 3.63) is 41.6 Å². The second-order valence-corrected chi connectivity index (χ2v) is 7.70. The van der Waals surface area contributed by atoms with E-state index in [0.717, 1.165) is 24.3 Å². The molecule has 0 bridgehead atoms. The summed E-state index contributed by atoms with van der Waals surface area (Å²) in [4.78, 5) is 28.2. The molecule has 6 rings (SSSR count). The Morgan fingerprint density at radius 1 is 1.16 bits per heavy atom. The molecule has 31 heavy (non-hydrogen) atoms. The number of nitrogens with one attached hydrogen (secondary N) is 3. The van der Waals surface area contributed by atoms with Crippen molar-refractivity contribution in [2.24, 2.45) is 0 Å². The predicted molar refractivity (Wildman–Crippen MR) is 111 cm³/mol. The average Bonchev–Trinajstić information content (AvgIpc) is 3.14. The van der Waals surface area contributed by atoms with Gasteiger partial charge in [0.15, 0.2) is 17.1 Å². The molecule has 1 aromatic carbocycles. The van der Waals surface area contributed by atoms with Crippen molar-refractivity contribution in [3.8, 4) is 11.5 Å². The largest absolute Gasteiger partial charge is 0.454 e. The van der Waals surface area contributed by atoms with E-state index in [1.165, 1.54) is 0 Å². The molecular formula is C21H18N6O4. The third-order valence-electron chi connectivity index (χ3n) is 5.30. The van der Waals surface area contributed by atoms with Gasteiger partial charge in [-0.2, -0.15) is 9.61 Å². The van der Waals surface area contributed by atoms with E-state index >= 15 is 0 Å². The molecule has 4 heterocycles. The standard InChI is InChI=1S/C21H18N6O4/c28-19-6-11(21(29)26-19)5-12-9-22-27-18(24-13-1-2-13)8-17(25-20(12)27)23-14-3-4-15-16(7-14)31-10-30-15/h3-5,7-9,13,24H,1-2,6,10H2,(H,23,25)(H,26,28,29)/b11-5+. The monoisotopic (exact) mass is 418 g/mol. The summed E-state index contributed by atoms with van der Waals surface area (Å²) in [6.07, 6.45) is 5.58. The van der Waals surface area contributed by atoms with E-state index in [4.69, 9.17) is 14.5 Å². The molecule has 0 unspecified atom stereocenters. The van der Waals surface area contributed by atoms with Crippen LogP contribution < -0.4 is 25.4 Å². The van der Waals surface area contributed by atoms with E-state index in [-0.39, 0.29) is 25.0 Å². The van der Waals surface area contributed by atoms with Gasteiger partial charge >= 0.3 is 0 Å². The van der Waals surface area contributed by atoms with Crippen LogP contribution in [-0.2, 0) is 9.59 Å². The first kappa shape index (κ1) is 17.8. The third kappa shape index (κ3) is 3.31. The van der Waals surface area contributed by atoms with Crippen molar-refractivity contribution in [2.75, 3.05) is 17.4 Å². The summed E-state index contributed by atoms with van der Waals surface area (Å²) in [5.41, 5.74) is 2.44. The highest BCUT2D eigenvalue weighted by atomic mass is 16.7. The molecule has 3 N–H and O–H groups in total. The molecule has 2 aromatic heterocycles. The zero-order chi connectivity index (χ0) is 20.9. The number of benzene rings is 1. The molecular weight excluding hydrogens is 400 g/mol. The predicted octanol–water partition coefficient (Wildman–Crippen LogP) is 2.21. The van der Waals surface area contributed by atoms with Gasteiger partial charge in [0.05, 0.1) is 12.6 Å².